The highest BCUT2D eigenvalue weighted by Crippen LogP contribution is 2.28. The van der Waals surface area contributed by atoms with Crippen molar-refractivity contribution in [3.8, 4) is 16.9 Å². The first kappa shape index (κ1) is 13.5. The molecule has 2 N–H and O–H groups in total. The normalized spacial score (nSPS) is 11.2. The number of hydrogen-bond donors (Lipinski definition) is 1. The first-order chi connectivity index (χ1) is 11.1. The standard InChI is InChI=1S/C17H16N6/c1-11-5-3-4-6-14(11)23-17(18)16(20-21-23)12-7-8-15-13(9-12)19-10-22(15)2/h3-10H,18H2,1-2H3. The molecule has 0 saturated carbocycles. The molecule has 0 radical (unpaired) electrons. The van der Waals surface area contributed by atoms with Gasteiger partial charge in [-0.3, -0.25) is 0 Å². The quantitative estimate of drug-likeness (QED) is 0.618. The van der Waals surface area contributed by atoms with Gasteiger partial charge >= 0.3 is 0 Å². The van der Waals surface area contributed by atoms with Gasteiger partial charge in [-0.15, -0.1) is 5.10 Å². The van der Waals surface area contributed by atoms with Gasteiger partial charge in [0.15, 0.2) is 5.82 Å². The van der Waals surface area contributed by atoms with E-state index < -0.39 is 0 Å². The number of rotatable bonds is 2. The number of anilines is 1. The van der Waals surface area contributed by atoms with E-state index in [2.05, 4.69) is 15.3 Å². The maximum Gasteiger partial charge on any atom is 0.155 e. The minimum Gasteiger partial charge on any atom is -0.382 e. The molecule has 6 heteroatoms. The summed E-state index contributed by atoms with van der Waals surface area (Å²) in [6, 6.07) is 13.9. The summed E-state index contributed by atoms with van der Waals surface area (Å²) in [5, 5.41) is 8.49. The number of fused-ring (bicyclic) bond motifs is 1. The largest absolute Gasteiger partial charge is 0.382 e. The minimum absolute atomic E-state index is 0.523. The third-order valence-electron chi connectivity index (χ3n) is 4.05. The third kappa shape index (κ3) is 2.07. The average Bonchev–Trinajstić information content (AvgIpc) is 3.11. The maximum atomic E-state index is 6.30. The minimum atomic E-state index is 0.523. The number of nitrogens with zero attached hydrogens (tertiary/aromatic N) is 5. The van der Waals surface area contributed by atoms with Crippen molar-refractivity contribution in [2.45, 2.75) is 6.92 Å². The summed E-state index contributed by atoms with van der Waals surface area (Å²) in [6.07, 6.45) is 1.79. The smallest absolute Gasteiger partial charge is 0.155 e. The summed E-state index contributed by atoms with van der Waals surface area (Å²) < 4.78 is 3.65. The van der Waals surface area contributed by atoms with Gasteiger partial charge in [0.1, 0.15) is 5.69 Å². The average molecular weight is 304 g/mol. The van der Waals surface area contributed by atoms with E-state index in [0.717, 1.165) is 27.8 Å². The summed E-state index contributed by atoms with van der Waals surface area (Å²) >= 11 is 0. The summed E-state index contributed by atoms with van der Waals surface area (Å²) in [7, 11) is 1.97. The summed E-state index contributed by atoms with van der Waals surface area (Å²) in [5.74, 6) is 0.523. The second-order valence-electron chi connectivity index (χ2n) is 5.58. The van der Waals surface area contributed by atoms with Crippen LogP contribution in [0.25, 0.3) is 28.0 Å². The van der Waals surface area contributed by atoms with Crippen LogP contribution < -0.4 is 5.73 Å². The number of para-hydroxylation sites is 1. The van der Waals surface area contributed by atoms with Gasteiger partial charge in [-0.2, -0.15) is 4.68 Å². The van der Waals surface area contributed by atoms with Crippen LogP contribution in [0.15, 0.2) is 48.8 Å². The van der Waals surface area contributed by atoms with Crippen LogP contribution in [0.3, 0.4) is 0 Å². The van der Waals surface area contributed by atoms with Crippen molar-refractivity contribution in [1.82, 2.24) is 24.5 Å². The van der Waals surface area contributed by atoms with Crippen LogP contribution in [0.1, 0.15) is 5.56 Å². The van der Waals surface area contributed by atoms with Crippen molar-refractivity contribution in [2.75, 3.05) is 5.73 Å². The topological polar surface area (TPSA) is 74.5 Å². The predicted octanol–water partition coefficient (Wildman–Crippen LogP) is 2.71. The molecule has 0 amide bonds. The Kier molecular flexibility index (Phi) is 2.90. The van der Waals surface area contributed by atoms with Crippen molar-refractivity contribution in [1.29, 1.82) is 0 Å². The Hall–Kier alpha value is -3.15. The van der Waals surface area contributed by atoms with Gasteiger partial charge in [0.2, 0.25) is 0 Å². The van der Waals surface area contributed by atoms with Gasteiger partial charge in [-0.1, -0.05) is 29.5 Å². The van der Waals surface area contributed by atoms with E-state index in [4.69, 9.17) is 5.73 Å². The zero-order valence-corrected chi connectivity index (χ0v) is 12.9. The zero-order chi connectivity index (χ0) is 16.0. The molecule has 114 valence electrons. The Bertz CT molecular complexity index is 1010. The van der Waals surface area contributed by atoms with E-state index in [1.165, 1.54) is 0 Å². The molecule has 4 rings (SSSR count). The highest BCUT2D eigenvalue weighted by molar-refractivity contribution is 5.83. The Morgan fingerprint density at radius 2 is 1.91 bits per heavy atom. The number of imidazole rings is 1. The van der Waals surface area contributed by atoms with Gasteiger partial charge in [-0.05, 0) is 30.7 Å². The third-order valence-corrected chi connectivity index (χ3v) is 4.05. The molecule has 0 unspecified atom stereocenters. The van der Waals surface area contributed by atoms with Crippen LogP contribution in [-0.4, -0.2) is 24.5 Å². The van der Waals surface area contributed by atoms with Crippen LogP contribution in [0.4, 0.5) is 5.82 Å². The number of benzene rings is 2. The molecule has 2 heterocycles. The number of hydrogen-bond acceptors (Lipinski definition) is 4. The lowest BCUT2D eigenvalue weighted by atomic mass is 10.1. The van der Waals surface area contributed by atoms with Crippen molar-refractivity contribution < 1.29 is 0 Å². The number of nitrogen functional groups attached to an aromatic ring is 1. The molecule has 0 aliphatic rings. The molecule has 6 nitrogen and oxygen atoms in total. The molecule has 2 aromatic heterocycles. The fourth-order valence-corrected chi connectivity index (χ4v) is 2.76. The summed E-state index contributed by atoms with van der Waals surface area (Å²) in [5.41, 5.74) is 11.9. The zero-order valence-electron chi connectivity index (χ0n) is 12.9. The maximum absolute atomic E-state index is 6.30. The predicted molar refractivity (Wildman–Crippen MR) is 90.2 cm³/mol. The van der Waals surface area contributed by atoms with Gasteiger partial charge in [0.05, 0.1) is 23.0 Å². The molecule has 2 aromatic carbocycles. The lowest BCUT2D eigenvalue weighted by molar-refractivity contribution is 0.806. The molecule has 0 aliphatic carbocycles. The number of nitrogens with two attached hydrogens (primary N) is 1. The molecule has 23 heavy (non-hydrogen) atoms. The van der Waals surface area contributed by atoms with Gasteiger partial charge in [-0.25, -0.2) is 4.98 Å². The lowest BCUT2D eigenvalue weighted by Crippen LogP contribution is -2.03. The molecular formula is C17H16N6. The Balaban J connectivity index is 1.85. The SMILES string of the molecule is Cc1ccccc1-n1nnc(-c2ccc3c(c2)ncn3C)c1N. The van der Waals surface area contributed by atoms with Crippen molar-refractivity contribution in [2.24, 2.45) is 7.05 Å². The highest BCUT2D eigenvalue weighted by Gasteiger charge is 2.15. The Morgan fingerprint density at radius 1 is 1.09 bits per heavy atom. The molecular weight excluding hydrogens is 288 g/mol. The first-order valence-corrected chi connectivity index (χ1v) is 7.34. The van der Waals surface area contributed by atoms with Gasteiger partial charge in [0.25, 0.3) is 0 Å². The molecule has 0 spiro atoms. The van der Waals surface area contributed by atoms with E-state index in [9.17, 15) is 0 Å². The van der Waals surface area contributed by atoms with Crippen LogP contribution >= 0.6 is 0 Å². The Morgan fingerprint density at radius 3 is 2.74 bits per heavy atom. The van der Waals surface area contributed by atoms with Crippen molar-refractivity contribution in [3.05, 3.63) is 54.4 Å². The first-order valence-electron chi connectivity index (χ1n) is 7.34. The second-order valence-corrected chi connectivity index (χ2v) is 5.58. The van der Waals surface area contributed by atoms with E-state index in [1.54, 1.807) is 11.0 Å². The van der Waals surface area contributed by atoms with Crippen molar-refractivity contribution in [3.63, 3.8) is 0 Å². The molecule has 0 aliphatic heterocycles. The van der Waals surface area contributed by atoms with Crippen LogP contribution in [0.2, 0.25) is 0 Å². The molecule has 0 saturated heterocycles. The number of aromatic nitrogens is 5. The van der Waals surface area contributed by atoms with E-state index in [-0.39, 0.29) is 0 Å². The molecule has 0 fully saturated rings. The van der Waals surface area contributed by atoms with E-state index >= 15 is 0 Å². The summed E-state index contributed by atoms with van der Waals surface area (Å²) in [4.78, 5) is 4.38. The summed E-state index contributed by atoms with van der Waals surface area (Å²) in [6.45, 7) is 2.02. The Labute approximate surface area is 133 Å². The second kappa shape index (κ2) is 4.95. The highest BCUT2D eigenvalue weighted by atomic mass is 15.5. The fourth-order valence-electron chi connectivity index (χ4n) is 2.76. The van der Waals surface area contributed by atoms with Crippen LogP contribution in [0.5, 0.6) is 0 Å². The van der Waals surface area contributed by atoms with E-state index in [1.807, 2.05) is 61.0 Å². The lowest BCUT2D eigenvalue weighted by Gasteiger charge is -2.06. The fraction of sp³-hybridized carbons (Fsp3) is 0.118. The molecule has 4 aromatic rings. The molecule has 0 atom stereocenters. The van der Waals surface area contributed by atoms with Gasteiger partial charge in [0, 0.05) is 12.6 Å². The van der Waals surface area contributed by atoms with E-state index in [0.29, 0.717) is 11.5 Å². The van der Waals surface area contributed by atoms with Crippen LogP contribution in [0, 0.1) is 6.92 Å². The van der Waals surface area contributed by atoms with Gasteiger partial charge < -0.3 is 10.3 Å². The van der Waals surface area contributed by atoms with Crippen LogP contribution in [-0.2, 0) is 7.05 Å². The van der Waals surface area contributed by atoms with Crippen molar-refractivity contribution >= 4 is 16.9 Å². The molecule has 0 bridgehead atoms. The monoisotopic (exact) mass is 304 g/mol. The number of aryl methyl sites for hydroxylation is 2.